The lowest BCUT2D eigenvalue weighted by Crippen LogP contribution is -2.48. The van der Waals surface area contributed by atoms with Crippen LogP contribution in [0.2, 0.25) is 0 Å². The van der Waals surface area contributed by atoms with E-state index in [0.717, 1.165) is 0 Å². The average Bonchev–Trinajstić information content (AvgIpc) is 2.37. The Morgan fingerprint density at radius 2 is 2.05 bits per heavy atom. The van der Waals surface area contributed by atoms with Crippen LogP contribution >= 0.6 is 12.2 Å². The van der Waals surface area contributed by atoms with Crippen molar-refractivity contribution in [1.82, 2.24) is 9.88 Å². The molecule has 0 unspecified atom stereocenters. The summed E-state index contributed by atoms with van der Waals surface area (Å²) in [6.07, 6.45) is 1.62. The smallest absolute Gasteiger partial charge is 0.272 e. The molecule has 1 amide bonds. The number of pyridine rings is 1. The summed E-state index contributed by atoms with van der Waals surface area (Å²) in [6.45, 7) is 5.09. The van der Waals surface area contributed by atoms with Crippen LogP contribution in [-0.2, 0) is 4.74 Å². The van der Waals surface area contributed by atoms with Crippen molar-refractivity contribution in [2.24, 2.45) is 5.73 Å². The highest BCUT2D eigenvalue weighted by Crippen LogP contribution is 2.13. The molecule has 1 fully saturated rings. The Balaban J connectivity index is 2.12. The summed E-state index contributed by atoms with van der Waals surface area (Å²) in [4.78, 5) is 18.5. The molecule has 1 aromatic heterocycles. The molecule has 5 nitrogen and oxygen atoms in total. The van der Waals surface area contributed by atoms with Gasteiger partial charge in [-0.25, -0.2) is 0 Å². The van der Waals surface area contributed by atoms with Gasteiger partial charge in [-0.3, -0.25) is 9.78 Å². The molecule has 0 saturated carbocycles. The lowest BCUT2D eigenvalue weighted by molar-refractivity contribution is -0.0587. The van der Waals surface area contributed by atoms with Crippen molar-refractivity contribution in [3.63, 3.8) is 0 Å². The van der Waals surface area contributed by atoms with E-state index in [-0.39, 0.29) is 23.1 Å². The second kappa shape index (κ2) is 5.63. The summed E-state index contributed by atoms with van der Waals surface area (Å²) in [5.74, 6) is -0.0866. The maximum Gasteiger partial charge on any atom is 0.272 e. The number of morpholine rings is 1. The van der Waals surface area contributed by atoms with Gasteiger partial charge >= 0.3 is 0 Å². The molecule has 102 valence electrons. The summed E-state index contributed by atoms with van der Waals surface area (Å²) in [5, 5.41) is 0. The zero-order valence-electron chi connectivity index (χ0n) is 11.0. The molecular formula is C13H17N3O2S. The number of hydrogen-bond donors (Lipinski definition) is 1. The van der Waals surface area contributed by atoms with Gasteiger partial charge in [-0.2, -0.15) is 0 Å². The molecule has 2 N–H and O–H groups in total. The molecule has 0 radical (unpaired) electrons. The molecule has 1 aliphatic rings. The van der Waals surface area contributed by atoms with Gasteiger partial charge in [0.25, 0.3) is 5.91 Å². The normalized spacial score (nSPS) is 23.2. The SMILES string of the molecule is C[C@@H]1CN(C(=O)c2ccc(C(N)=S)cn2)C[C@H](C)O1. The Hall–Kier alpha value is -1.53. The van der Waals surface area contributed by atoms with E-state index in [1.54, 1.807) is 17.0 Å². The van der Waals surface area contributed by atoms with Gasteiger partial charge in [0.15, 0.2) is 0 Å². The Bertz CT molecular complexity index is 479. The zero-order valence-corrected chi connectivity index (χ0v) is 11.8. The molecule has 6 heteroatoms. The Labute approximate surface area is 117 Å². The zero-order chi connectivity index (χ0) is 14.0. The first-order valence-electron chi connectivity index (χ1n) is 6.18. The topological polar surface area (TPSA) is 68.5 Å². The quantitative estimate of drug-likeness (QED) is 0.817. The maximum absolute atomic E-state index is 12.3. The minimum absolute atomic E-state index is 0.0450. The fourth-order valence-electron chi connectivity index (χ4n) is 2.17. The van der Waals surface area contributed by atoms with Crippen molar-refractivity contribution in [1.29, 1.82) is 0 Å². The number of aromatic nitrogens is 1. The first-order valence-corrected chi connectivity index (χ1v) is 6.59. The van der Waals surface area contributed by atoms with Crippen molar-refractivity contribution in [3.05, 3.63) is 29.6 Å². The highest BCUT2D eigenvalue weighted by Gasteiger charge is 2.27. The second-order valence-electron chi connectivity index (χ2n) is 4.76. The van der Waals surface area contributed by atoms with E-state index in [2.05, 4.69) is 4.98 Å². The third-order valence-electron chi connectivity index (χ3n) is 2.97. The average molecular weight is 279 g/mol. The lowest BCUT2D eigenvalue weighted by Gasteiger charge is -2.35. The number of amides is 1. The largest absolute Gasteiger partial charge is 0.389 e. The first kappa shape index (κ1) is 13.9. The molecule has 1 aromatic rings. The standard InChI is InChI=1S/C13H17N3O2S/c1-8-6-16(7-9(2)18-8)13(17)11-4-3-10(5-15-11)12(14)19/h3-5,8-9H,6-7H2,1-2H3,(H2,14,19)/t8-,9+. The second-order valence-corrected chi connectivity index (χ2v) is 5.20. The van der Waals surface area contributed by atoms with E-state index in [0.29, 0.717) is 24.3 Å². The molecular weight excluding hydrogens is 262 g/mol. The van der Waals surface area contributed by atoms with Gasteiger partial charge < -0.3 is 15.4 Å². The predicted octanol–water partition coefficient (Wildman–Crippen LogP) is 0.965. The van der Waals surface area contributed by atoms with E-state index >= 15 is 0 Å². The van der Waals surface area contributed by atoms with E-state index in [4.69, 9.17) is 22.7 Å². The number of hydrogen-bond acceptors (Lipinski definition) is 4. The number of thiocarbonyl (C=S) groups is 1. The van der Waals surface area contributed by atoms with Gasteiger partial charge in [0, 0.05) is 24.8 Å². The van der Waals surface area contributed by atoms with Crippen LogP contribution in [0.25, 0.3) is 0 Å². The number of nitrogens with zero attached hydrogens (tertiary/aromatic N) is 2. The third-order valence-corrected chi connectivity index (χ3v) is 3.21. The van der Waals surface area contributed by atoms with E-state index in [9.17, 15) is 4.79 Å². The van der Waals surface area contributed by atoms with Crippen LogP contribution in [0.4, 0.5) is 0 Å². The number of ether oxygens (including phenoxy) is 1. The maximum atomic E-state index is 12.3. The molecule has 2 atom stereocenters. The van der Waals surface area contributed by atoms with Gasteiger partial charge in [-0.05, 0) is 26.0 Å². The van der Waals surface area contributed by atoms with Crippen molar-refractivity contribution in [3.8, 4) is 0 Å². The monoisotopic (exact) mass is 279 g/mol. The molecule has 1 saturated heterocycles. The highest BCUT2D eigenvalue weighted by atomic mass is 32.1. The molecule has 2 rings (SSSR count). The molecule has 0 bridgehead atoms. The summed E-state index contributed by atoms with van der Waals surface area (Å²) in [6, 6.07) is 3.37. The fraction of sp³-hybridized carbons (Fsp3) is 0.462. The van der Waals surface area contributed by atoms with E-state index in [1.165, 1.54) is 6.20 Å². The van der Waals surface area contributed by atoms with Crippen LogP contribution in [0, 0.1) is 0 Å². The molecule has 19 heavy (non-hydrogen) atoms. The summed E-state index contributed by atoms with van der Waals surface area (Å²) < 4.78 is 5.61. The summed E-state index contributed by atoms with van der Waals surface area (Å²) >= 11 is 4.85. The van der Waals surface area contributed by atoms with Gasteiger partial charge in [0.1, 0.15) is 10.7 Å². The van der Waals surface area contributed by atoms with Gasteiger partial charge in [-0.15, -0.1) is 0 Å². The Morgan fingerprint density at radius 1 is 1.42 bits per heavy atom. The van der Waals surface area contributed by atoms with Crippen LogP contribution < -0.4 is 5.73 Å². The van der Waals surface area contributed by atoms with Crippen LogP contribution in [0.3, 0.4) is 0 Å². The van der Waals surface area contributed by atoms with Gasteiger partial charge in [0.05, 0.1) is 12.2 Å². The van der Waals surface area contributed by atoms with Gasteiger partial charge in [-0.1, -0.05) is 12.2 Å². The molecule has 2 heterocycles. The van der Waals surface area contributed by atoms with Crippen molar-refractivity contribution in [2.75, 3.05) is 13.1 Å². The molecule has 0 aliphatic carbocycles. The number of carbonyl (C=O) groups excluding carboxylic acids is 1. The minimum atomic E-state index is -0.0866. The van der Waals surface area contributed by atoms with Crippen molar-refractivity contribution < 1.29 is 9.53 Å². The number of nitrogens with two attached hydrogens (primary N) is 1. The number of carbonyl (C=O) groups is 1. The molecule has 1 aliphatic heterocycles. The van der Waals surface area contributed by atoms with E-state index < -0.39 is 0 Å². The lowest BCUT2D eigenvalue weighted by atomic mass is 10.2. The van der Waals surface area contributed by atoms with E-state index in [1.807, 2.05) is 13.8 Å². The fourth-order valence-corrected chi connectivity index (χ4v) is 2.29. The molecule has 0 spiro atoms. The molecule has 0 aromatic carbocycles. The van der Waals surface area contributed by atoms with Gasteiger partial charge in [0.2, 0.25) is 0 Å². The van der Waals surface area contributed by atoms with Crippen LogP contribution in [0.1, 0.15) is 29.9 Å². The third kappa shape index (κ3) is 3.27. The van der Waals surface area contributed by atoms with Crippen LogP contribution in [-0.4, -0.2) is 46.1 Å². The Kier molecular flexibility index (Phi) is 4.11. The predicted molar refractivity (Wildman–Crippen MR) is 76.0 cm³/mol. The van der Waals surface area contributed by atoms with Crippen molar-refractivity contribution in [2.45, 2.75) is 26.1 Å². The summed E-state index contributed by atoms with van der Waals surface area (Å²) in [5.41, 5.74) is 6.56. The first-order chi connectivity index (χ1) is 8.97. The van der Waals surface area contributed by atoms with Crippen molar-refractivity contribution >= 4 is 23.1 Å². The van der Waals surface area contributed by atoms with Crippen LogP contribution in [0.15, 0.2) is 18.3 Å². The van der Waals surface area contributed by atoms with Crippen LogP contribution in [0.5, 0.6) is 0 Å². The summed E-state index contributed by atoms with van der Waals surface area (Å²) in [7, 11) is 0. The number of rotatable bonds is 2. The highest BCUT2D eigenvalue weighted by molar-refractivity contribution is 7.80. The Morgan fingerprint density at radius 3 is 2.53 bits per heavy atom. The minimum Gasteiger partial charge on any atom is -0.389 e.